The van der Waals surface area contributed by atoms with Gasteiger partial charge in [-0.3, -0.25) is 9.69 Å². The molecule has 0 bridgehead atoms. The Morgan fingerprint density at radius 2 is 2.19 bits per heavy atom. The van der Waals surface area contributed by atoms with E-state index in [4.69, 9.17) is 4.74 Å². The molecule has 1 saturated carbocycles. The quantitative estimate of drug-likeness (QED) is 0.787. The lowest BCUT2D eigenvalue weighted by Gasteiger charge is -2.34. The lowest BCUT2D eigenvalue weighted by Crippen LogP contribution is -2.48. The molecule has 0 radical (unpaired) electrons. The molecule has 1 aliphatic carbocycles. The van der Waals surface area contributed by atoms with Gasteiger partial charge in [0.1, 0.15) is 6.04 Å². The summed E-state index contributed by atoms with van der Waals surface area (Å²) in [6.45, 7) is 1.23. The van der Waals surface area contributed by atoms with Crippen LogP contribution in [0.3, 0.4) is 0 Å². The molecule has 0 aromatic heterocycles. The van der Waals surface area contributed by atoms with Crippen LogP contribution < -0.4 is 0 Å². The van der Waals surface area contributed by atoms with Crippen LogP contribution in [0.5, 0.6) is 0 Å². The van der Waals surface area contributed by atoms with Crippen LogP contribution >= 0.6 is 0 Å². The zero-order valence-corrected chi connectivity index (χ0v) is 9.89. The summed E-state index contributed by atoms with van der Waals surface area (Å²) >= 11 is 0. The van der Waals surface area contributed by atoms with E-state index in [0.717, 1.165) is 25.3 Å². The van der Waals surface area contributed by atoms with Crippen LogP contribution in [0, 0.1) is 5.92 Å². The van der Waals surface area contributed by atoms with Crippen LogP contribution in [0.15, 0.2) is 0 Å². The van der Waals surface area contributed by atoms with E-state index in [1.54, 1.807) is 7.11 Å². The lowest BCUT2D eigenvalue weighted by atomic mass is 9.85. The number of rotatable bonds is 4. The second-order valence-electron chi connectivity index (χ2n) is 4.95. The van der Waals surface area contributed by atoms with Crippen molar-refractivity contribution < 1.29 is 14.6 Å². The number of likely N-dealkylation sites (tertiary alicyclic amines) is 1. The standard InChI is InChI=1S/C12H21NO3/c1-16-8-11(12(14)15)13-7-6-9-4-2-3-5-10(9)13/h9-11H,2-8H2,1H3,(H,14,15). The topological polar surface area (TPSA) is 49.8 Å². The van der Waals surface area contributed by atoms with E-state index in [-0.39, 0.29) is 0 Å². The molecule has 92 valence electrons. The minimum absolute atomic E-state index is 0.304. The molecule has 4 heteroatoms. The fraction of sp³-hybridized carbons (Fsp3) is 0.917. The Hall–Kier alpha value is -0.610. The largest absolute Gasteiger partial charge is 0.480 e. The molecule has 1 heterocycles. The summed E-state index contributed by atoms with van der Waals surface area (Å²) in [6.07, 6.45) is 6.17. The Morgan fingerprint density at radius 3 is 2.88 bits per heavy atom. The van der Waals surface area contributed by atoms with Gasteiger partial charge in [-0.1, -0.05) is 12.8 Å². The first-order valence-corrected chi connectivity index (χ1v) is 6.21. The Bertz CT molecular complexity index is 257. The monoisotopic (exact) mass is 227 g/mol. The maximum atomic E-state index is 11.2. The summed E-state index contributed by atoms with van der Waals surface area (Å²) in [5, 5.41) is 9.23. The number of carbonyl (C=O) groups is 1. The molecule has 3 unspecified atom stereocenters. The highest BCUT2D eigenvalue weighted by atomic mass is 16.5. The van der Waals surface area contributed by atoms with Crippen molar-refractivity contribution in [3.8, 4) is 0 Å². The first kappa shape index (κ1) is 11.9. The molecule has 2 aliphatic rings. The van der Waals surface area contributed by atoms with Crippen molar-refractivity contribution >= 4 is 5.97 Å². The molecule has 0 spiro atoms. The summed E-state index contributed by atoms with van der Waals surface area (Å²) in [7, 11) is 1.57. The van der Waals surface area contributed by atoms with Gasteiger partial charge in [-0.05, 0) is 31.7 Å². The minimum Gasteiger partial charge on any atom is -0.480 e. The van der Waals surface area contributed by atoms with Gasteiger partial charge in [0.15, 0.2) is 0 Å². The van der Waals surface area contributed by atoms with Crippen LogP contribution in [0.2, 0.25) is 0 Å². The highest BCUT2D eigenvalue weighted by Crippen LogP contribution is 2.37. The zero-order valence-electron chi connectivity index (χ0n) is 9.89. The van der Waals surface area contributed by atoms with E-state index in [1.807, 2.05) is 0 Å². The maximum absolute atomic E-state index is 11.2. The maximum Gasteiger partial charge on any atom is 0.323 e. The molecule has 16 heavy (non-hydrogen) atoms. The van der Waals surface area contributed by atoms with E-state index < -0.39 is 12.0 Å². The summed E-state index contributed by atoms with van der Waals surface area (Å²) in [4.78, 5) is 13.4. The number of aliphatic carboxylic acids is 1. The molecule has 0 amide bonds. The van der Waals surface area contributed by atoms with Crippen LogP contribution in [0.25, 0.3) is 0 Å². The van der Waals surface area contributed by atoms with E-state index >= 15 is 0 Å². The molecule has 2 rings (SSSR count). The molecule has 1 N–H and O–H groups in total. The van der Waals surface area contributed by atoms with Crippen molar-refractivity contribution in [2.45, 2.75) is 44.2 Å². The number of hydrogen-bond acceptors (Lipinski definition) is 3. The van der Waals surface area contributed by atoms with Gasteiger partial charge in [0.25, 0.3) is 0 Å². The van der Waals surface area contributed by atoms with Gasteiger partial charge < -0.3 is 9.84 Å². The summed E-state index contributed by atoms with van der Waals surface area (Å²) in [5.41, 5.74) is 0. The second kappa shape index (κ2) is 5.15. The number of nitrogens with zero attached hydrogens (tertiary/aromatic N) is 1. The first-order chi connectivity index (χ1) is 7.74. The summed E-state index contributed by atoms with van der Waals surface area (Å²) in [6, 6.07) is 0.0445. The van der Waals surface area contributed by atoms with Gasteiger partial charge in [0.2, 0.25) is 0 Å². The number of hydrogen-bond donors (Lipinski definition) is 1. The van der Waals surface area contributed by atoms with Crippen molar-refractivity contribution in [2.24, 2.45) is 5.92 Å². The van der Waals surface area contributed by atoms with Crippen LogP contribution in [-0.4, -0.2) is 48.3 Å². The van der Waals surface area contributed by atoms with E-state index in [9.17, 15) is 9.90 Å². The molecular weight excluding hydrogens is 206 g/mol. The normalized spacial score (nSPS) is 32.3. The smallest absolute Gasteiger partial charge is 0.323 e. The fourth-order valence-corrected chi connectivity index (χ4v) is 3.30. The molecule has 0 aromatic rings. The van der Waals surface area contributed by atoms with Crippen molar-refractivity contribution in [3.63, 3.8) is 0 Å². The van der Waals surface area contributed by atoms with Crippen LogP contribution in [0.1, 0.15) is 32.1 Å². The average Bonchev–Trinajstić information content (AvgIpc) is 2.69. The van der Waals surface area contributed by atoms with Crippen molar-refractivity contribution in [1.82, 2.24) is 4.90 Å². The van der Waals surface area contributed by atoms with E-state index in [0.29, 0.717) is 12.6 Å². The second-order valence-corrected chi connectivity index (χ2v) is 4.95. The third kappa shape index (κ3) is 2.23. The summed E-state index contributed by atoms with van der Waals surface area (Å²) in [5.74, 6) is -0.0134. The Labute approximate surface area is 96.6 Å². The van der Waals surface area contributed by atoms with Gasteiger partial charge in [0, 0.05) is 13.2 Å². The SMILES string of the molecule is COCC(C(=O)O)N1CCC2CCCCC21. The Kier molecular flexibility index (Phi) is 3.82. The van der Waals surface area contributed by atoms with E-state index in [1.165, 1.54) is 19.3 Å². The molecular formula is C12H21NO3. The first-order valence-electron chi connectivity index (χ1n) is 6.21. The third-order valence-corrected chi connectivity index (χ3v) is 4.06. The predicted molar refractivity (Wildman–Crippen MR) is 60.4 cm³/mol. The molecule has 2 fully saturated rings. The van der Waals surface area contributed by atoms with Crippen LogP contribution in [0.4, 0.5) is 0 Å². The van der Waals surface area contributed by atoms with Crippen molar-refractivity contribution in [2.75, 3.05) is 20.3 Å². The lowest BCUT2D eigenvalue weighted by molar-refractivity contribution is -0.146. The molecule has 1 aliphatic heterocycles. The third-order valence-electron chi connectivity index (χ3n) is 4.06. The zero-order chi connectivity index (χ0) is 11.5. The fourth-order valence-electron chi connectivity index (χ4n) is 3.30. The molecule has 3 atom stereocenters. The number of fused-ring (bicyclic) bond motifs is 1. The predicted octanol–water partition coefficient (Wildman–Crippen LogP) is 1.35. The number of ether oxygens (including phenoxy) is 1. The van der Waals surface area contributed by atoms with Gasteiger partial charge in [-0.25, -0.2) is 0 Å². The molecule has 4 nitrogen and oxygen atoms in total. The Balaban J connectivity index is 2.04. The highest BCUT2D eigenvalue weighted by Gasteiger charge is 2.41. The van der Waals surface area contributed by atoms with Crippen molar-refractivity contribution in [1.29, 1.82) is 0 Å². The summed E-state index contributed by atoms with van der Waals surface area (Å²) < 4.78 is 5.03. The highest BCUT2D eigenvalue weighted by molar-refractivity contribution is 5.73. The van der Waals surface area contributed by atoms with Crippen LogP contribution in [-0.2, 0) is 9.53 Å². The average molecular weight is 227 g/mol. The van der Waals surface area contributed by atoms with Gasteiger partial charge in [0.05, 0.1) is 6.61 Å². The number of carboxylic acid groups (broad SMARTS) is 1. The number of carboxylic acids is 1. The molecule has 1 saturated heterocycles. The van der Waals surface area contributed by atoms with E-state index in [2.05, 4.69) is 4.90 Å². The minimum atomic E-state index is -0.743. The van der Waals surface area contributed by atoms with Crippen molar-refractivity contribution in [3.05, 3.63) is 0 Å². The Morgan fingerprint density at radius 1 is 1.44 bits per heavy atom. The number of methoxy groups -OCH3 is 1. The van der Waals surface area contributed by atoms with Gasteiger partial charge >= 0.3 is 5.97 Å². The molecule has 0 aromatic carbocycles. The van der Waals surface area contributed by atoms with Gasteiger partial charge in [-0.2, -0.15) is 0 Å². The van der Waals surface area contributed by atoms with Gasteiger partial charge in [-0.15, -0.1) is 0 Å².